The Morgan fingerprint density at radius 2 is 1.84 bits per heavy atom. The number of phenols is 1. The molecule has 1 amide bonds. The van der Waals surface area contributed by atoms with Gasteiger partial charge in [-0.2, -0.15) is 5.10 Å². The van der Waals surface area contributed by atoms with Gasteiger partial charge in [-0.3, -0.25) is 4.79 Å². The molecule has 0 aliphatic carbocycles. The number of nitrogens with zero attached hydrogens (tertiary/aromatic N) is 1. The summed E-state index contributed by atoms with van der Waals surface area (Å²) in [6.07, 6.45) is 1.44. The molecule has 0 atom stereocenters. The Bertz CT molecular complexity index is 941. The molecule has 3 aromatic carbocycles. The number of benzene rings is 3. The smallest absolute Gasteiger partial charge is 0.259 e. The molecule has 0 saturated carbocycles. The molecule has 0 aliphatic heterocycles. The maximum Gasteiger partial charge on any atom is 0.259 e. The van der Waals surface area contributed by atoms with Gasteiger partial charge >= 0.3 is 0 Å². The first-order valence-corrected chi connectivity index (χ1v) is 8.04. The quantitative estimate of drug-likeness (QED) is 0.483. The average Bonchev–Trinajstić information content (AvgIpc) is 2.63. The van der Waals surface area contributed by atoms with E-state index in [0.29, 0.717) is 16.3 Å². The number of carbonyl (C=O) groups is 1. The molecule has 6 heteroatoms. The molecule has 0 bridgehead atoms. The summed E-state index contributed by atoms with van der Waals surface area (Å²) in [4.78, 5) is 11.9. The zero-order valence-electron chi connectivity index (χ0n) is 13.2. The molecule has 3 aromatic rings. The highest BCUT2D eigenvalue weighted by Gasteiger charge is 2.05. The first-order valence-electron chi connectivity index (χ1n) is 7.66. The molecule has 3 N–H and O–H groups in total. The van der Waals surface area contributed by atoms with Crippen molar-refractivity contribution in [3.8, 4) is 5.75 Å². The molecule has 5 nitrogen and oxygen atoms in total. The highest BCUT2D eigenvalue weighted by molar-refractivity contribution is 6.33. The van der Waals surface area contributed by atoms with Crippen molar-refractivity contribution in [1.82, 2.24) is 5.43 Å². The van der Waals surface area contributed by atoms with Crippen molar-refractivity contribution in [2.75, 3.05) is 11.9 Å². The minimum atomic E-state index is -0.323. The Labute approximate surface area is 149 Å². The number of halogens is 1. The van der Waals surface area contributed by atoms with Crippen LogP contribution in [-0.4, -0.2) is 23.8 Å². The fourth-order valence-corrected chi connectivity index (χ4v) is 2.61. The Kier molecular flexibility index (Phi) is 5.16. The van der Waals surface area contributed by atoms with Gasteiger partial charge in [0.15, 0.2) is 0 Å². The fraction of sp³-hybridized carbons (Fsp3) is 0.0526. The number of rotatable bonds is 5. The van der Waals surface area contributed by atoms with Crippen LogP contribution in [0.4, 0.5) is 5.69 Å². The van der Waals surface area contributed by atoms with Gasteiger partial charge in [-0.15, -0.1) is 0 Å². The number of hydrogen-bond acceptors (Lipinski definition) is 4. The molecule has 25 heavy (non-hydrogen) atoms. The molecule has 3 rings (SSSR count). The molecule has 126 valence electrons. The van der Waals surface area contributed by atoms with Crippen molar-refractivity contribution in [3.63, 3.8) is 0 Å². The molecule has 0 aliphatic rings. The Balaban J connectivity index is 1.64. The van der Waals surface area contributed by atoms with Gasteiger partial charge in [0.05, 0.1) is 23.5 Å². The van der Waals surface area contributed by atoms with Crippen molar-refractivity contribution >= 4 is 40.2 Å². The summed E-state index contributed by atoms with van der Waals surface area (Å²) in [5.74, 6) is -0.221. The van der Waals surface area contributed by atoms with E-state index >= 15 is 0 Å². The number of amides is 1. The van der Waals surface area contributed by atoms with Crippen molar-refractivity contribution in [2.24, 2.45) is 5.10 Å². The maximum atomic E-state index is 11.9. The van der Waals surface area contributed by atoms with Crippen LogP contribution in [0.1, 0.15) is 5.56 Å². The van der Waals surface area contributed by atoms with Crippen LogP contribution in [0.25, 0.3) is 10.8 Å². The zero-order chi connectivity index (χ0) is 17.6. The van der Waals surface area contributed by atoms with Gasteiger partial charge in [-0.25, -0.2) is 5.43 Å². The number of anilines is 1. The third-order valence-electron chi connectivity index (χ3n) is 3.64. The first-order chi connectivity index (χ1) is 12.1. The van der Waals surface area contributed by atoms with Gasteiger partial charge in [0.25, 0.3) is 5.91 Å². The summed E-state index contributed by atoms with van der Waals surface area (Å²) in [6, 6.07) is 18.2. The number of carbonyl (C=O) groups excluding carboxylic acids is 1. The van der Waals surface area contributed by atoms with Crippen LogP contribution in [0.3, 0.4) is 0 Å². The highest BCUT2D eigenvalue weighted by Crippen LogP contribution is 2.25. The van der Waals surface area contributed by atoms with Crippen molar-refractivity contribution in [3.05, 3.63) is 71.2 Å². The Hall–Kier alpha value is -3.05. The van der Waals surface area contributed by atoms with Gasteiger partial charge < -0.3 is 10.4 Å². The molecule has 0 aromatic heterocycles. The number of aromatic hydroxyl groups is 1. The SMILES string of the molecule is O=C(CNc1ccccc1Cl)N/N=C\c1c(O)ccc2ccccc12. The summed E-state index contributed by atoms with van der Waals surface area (Å²) < 4.78 is 0. The molecule has 0 fully saturated rings. The Morgan fingerprint density at radius 3 is 2.68 bits per heavy atom. The van der Waals surface area contributed by atoms with Gasteiger partial charge in [0.2, 0.25) is 0 Å². The van der Waals surface area contributed by atoms with Crippen LogP contribution < -0.4 is 10.7 Å². The summed E-state index contributed by atoms with van der Waals surface area (Å²) in [5, 5.41) is 19.3. The number of nitrogens with one attached hydrogen (secondary N) is 2. The Morgan fingerprint density at radius 1 is 1.08 bits per heavy atom. The van der Waals surface area contributed by atoms with Crippen LogP contribution in [0.2, 0.25) is 5.02 Å². The van der Waals surface area contributed by atoms with Crippen molar-refractivity contribution < 1.29 is 9.90 Å². The summed E-state index contributed by atoms with van der Waals surface area (Å²) in [7, 11) is 0. The van der Waals surface area contributed by atoms with Gasteiger partial charge in [0, 0.05) is 5.56 Å². The second-order valence-corrected chi connectivity index (χ2v) is 5.75. The minimum Gasteiger partial charge on any atom is -0.507 e. The van der Waals surface area contributed by atoms with E-state index in [0.717, 1.165) is 10.8 Å². The lowest BCUT2D eigenvalue weighted by molar-refractivity contribution is -0.119. The van der Waals surface area contributed by atoms with Crippen LogP contribution in [0, 0.1) is 0 Å². The van der Waals surface area contributed by atoms with E-state index in [2.05, 4.69) is 15.8 Å². The van der Waals surface area contributed by atoms with E-state index in [1.54, 1.807) is 18.2 Å². The zero-order valence-corrected chi connectivity index (χ0v) is 14.0. The van der Waals surface area contributed by atoms with E-state index in [1.807, 2.05) is 42.5 Å². The molecule has 0 radical (unpaired) electrons. The van der Waals surface area contributed by atoms with Crippen molar-refractivity contribution in [2.45, 2.75) is 0 Å². The molecular formula is C19H16ClN3O2. The molecule has 0 heterocycles. The fourth-order valence-electron chi connectivity index (χ4n) is 2.41. The second kappa shape index (κ2) is 7.68. The predicted octanol–water partition coefficient (Wildman–Crippen LogP) is 3.76. The van der Waals surface area contributed by atoms with E-state index in [4.69, 9.17) is 11.6 Å². The molecule has 0 spiro atoms. The lowest BCUT2D eigenvalue weighted by atomic mass is 10.0. The van der Waals surface area contributed by atoms with E-state index in [9.17, 15) is 9.90 Å². The average molecular weight is 354 g/mol. The lowest BCUT2D eigenvalue weighted by Crippen LogP contribution is -2.25. The van der Waals surface area contributed by atoms with E-state index in [1.165, 1.54) is 6.21 Å². The summed E-state index contributed by atoms with van der Waals surface area (Å²) in [5.41, 5.74) is 3.66. The summed E-state index contributed by atoms with van der Waals surface area (Å²) in [6.45, 7) is 0.0304. The lowest BCUT2D eigenvalue weighted by Gasteiger charge is -2.07. The third kappa shape index (κ3) is 4.08. The van der Waals surface area contributed by atoms with Crippen LogP contribution >= 0.6 is 11.6 Å². The standard InChI is InChI=1S/C19H16ClN3O2/c20-16-7-3-4-8-17(16)21-12-19(25)23-22-11-15-14-6-2-1-5-13(14)9-10-18(15)24/h1-11,21,24H,12H2,(H,23,25)/b22-11-. The van der Waals surface area contributed by atoms with Crippen molar-refractivity contribution in [1.29, 1.82) is 0 Å². The van der Waals surface area contributed by atoms with Crippen LogP contribution in [0.15, 0.2) is 65.8 Å². The van der Waals surface area contributed by atoms with Gasteiger partial charge in [-0.1, -0.05) is 54.1 Å². The number of para-hydroxylation sites is 1. The minimum absolute atomic E-state index is 0.0304. The number of hydrogen-bond donors (Lipinski definition) is 3. The summed E-state index contributed by atoms with van der Waals surface area (Å²) >= 11 is 6.01. The highest BCUT2D eigenvalue weighted by atomic mass is 35.5. The molecule has 0 saturated heterocycles. The second-order valence-electron chi connectivity index (χ2n) is 5.35. The molecular weight excluding hydrogens is 338 g/mol. The van der Waals surface area contributed by atoms with Crippen LogP contribution in [-0.2, 0) is 4.79 Å². The van der Waals surface area contributed by atoms with E-state index in [-0.39, 0.29) is 18.2 Å². The molecule has 0 unspecified atom stereocenters. The topological polar surface area (TPSA) is 73.7 Å². The third-order valence-corrected chi connectivity index (χ3v) is 3.97. The monoisotopic (exact) mass is 353 g/mol. The number of phenolic OH excluding ortho intramolecular Hbond substituents is 1. The number of fused-ring (bicyclic) bond motifs is 1. The van der Waals surface area contributed by atoms with Gasteiger partial charge in [-0.05, 0) is 29.0 Å². The normalized spacial score (nSPS) is 10.9. The van der Waals surface area contributed by atoms with Crippen LogP contribution in [0.5, 0.6) is 5.75 Å². The van der Waals surface area contributed by atoms with Gasteiger partial charge in [0.1, 0.15) is 5.75 Å². The first kappa shape index (κ1) is 16.8. The maximum absolute atomic E-state index is 11.9. The predicted molar refractivity (Wildman–Crippen MR) is 101 cm³/mol. The largest absolute Gasteiger partial charge is 0.507 e. The van der Waals surface area contributed by atoms with E-state index < -0.39 is 0 Å². The number of hydrazone groups is 1.